The van der Waals surface area contributed by atoms with Gasteiger partial charge in [-0.05, 0) is 72.8 Å². The molecule has 0 atom stereocenters. The number of hydrogen-bond acceptors (Lipinski definition) is 32. The lowest BCUT2D eigenvalue weighted by atomic mass is 10.1. The number of rotatable bonds is 18. The predicted octanol–water partition coefficient (Wildman–Crippen LogP) is 6.32. The largest absolute Gasteiger partial charge is 0.505 e. The van der Waals surface area contributed by atoms with E-state index in [0.29, 0.717) is 28.9 Å². The Hall–Kier alpha value is -10.7. The molecule has 0 aliphatic carbocycles. The lowest BCUT2D eigenvalue weighted by molar-refractivity contribution is -0.385. The topological polar surface area (TPSA) is 699 Å². The highest BCUT2D eigenvalue weighted by Crippen LogP contribution is 2.49. The minimum atomic E-state index is -5.80. The number of anilines is 1. The van der Waals surface area contributed by atoms with E-state index in [0.717, 1.165) is 54.6 Å². The Morgan fingerprint density at radius 3 is 1.53 bits per heavy atom. The van der Waals surface area contributed by atoms with Gasteiger partial charge in [-0.15, -0.1) is 48.4 Å². The summed E-state index contributed by atoms with van der Waals surface area (Å²) < 4.78 is 236. The molecule has 49 heteroatoms. The van der Waals surface area contributed by atoms with Gasteiger partial charge in [-0.2, -0.15) is 65.4 Å². The fourth-order valence-corrected chi connectivity index (χ4v) is 11.9. The Bertz CT molecular complexity index is 5550. The molecule has 0 fully saturated rings. The van der Waals surface area contributed by atoms with E-state index in [4.69, 9.17) is 18.4 Å². The first-order chi connectivity index (χ1) is 42.3. The van der Waals surface area contributed by atoms with Crippen molar-refractivity contribution in [3.63, 3.8) is 0 Å². The summed E-state index contributed by atoms with van der Waals surface area (Å²) in [7, 11) is -35.7. The van der Waals surface area contributed by atoms with E-state index < -0.39 is 225 Å². The number of aromatic nitrogens is 2. The van der Waals surface area contributed by atoms with Crippen LogP contribution in [0.5, 0.6) is 17.4 Å². The lowest BCUT2D eigenvalue weighted by Crippen LogP contribution is -2.04. The second-order valence-corrected chi connectivity index (χ2v) is 26.1. The standard InChI is InChI=1S/C43H28N12O27S6.O3S/c44-33-27(15-28(84(68,69)70)21-7-9-25(39(57)32(21)33)47-46-24-8-3-18(55(63)64)13-29(24)85(71,72)73)49-48-26-10-6-20-22(40(26)88(80,81)82)14-31(87(77,78)79)35(38(20)56)51-45-16-11-23(42(59)60)34(30(12-16)86(74,75)76)50-52-36-37(43(61)62)53-54(41(36)58)17-1-4-19(5-2-17)83(65,66)67;1-4(2)3/h1-15,56-58H,44H2,(H,59,60)(H,61,62)(H,65,66,67)(H,68,69,70)(H,71,72,73)(H,74,75,76)(H,77,78,79)(H,80,81,82);. The van der Waals surface area contributed by atoms with Gasteiger partial charge in [0.1, 0.15) is 58.6 Å². The van der Waals surface area contributed by atoms with E-state index >= 15 is 0 Å². The van der Waals surface area contributed by atoms with Crippen molar-refractivity contribution in [3.8, 4) is 23.1 Å². The molecule has 7 aromatic carbocycles. The Morgan fingerprint density at radius 2 is 1.00 bits per heavy atom. The number of benzene rings is 7. The number of fused-ring (bicyclic) bond motifs is 2. The van der Waals surface area contributed by atoms with Crippen LogP contribution in [0.3, 0.4) is 0 Å². The van der Waals surface area contributed by atoms with Crippen molar-refractivity contribution >= 4 is 162 Å². The molecule has 0 aliphatic rings. The van der Waals surface area contributed by atoms with Gasteiger partial charge in [-0.3, -0.25) is 37.4 Å². The van der Waals surface area contributed by atoms with Crippen LogP contribution in [0.15, 0.2) is 161 Å². The summed E-state index contributed by atoms with van der Waals surface area (Å²) in [6, 6.07) is 9.95. The fourth-order valence-electron chi connectivity index (χ4n) is 7.89. The third-order valence-corrected chi connectivity index (χ3v) is 17.0. The third kappa shape index (κ3) is 14.6. The number of azo groups is 4. The summed E-state index contributed by atoms with van der Waals surface area (Å²) >= 11 is 0. The molecule has 0 spiro atoms. The minimum absolute atomic E-state index is 0.235. The van der Waals surface area contributed by atoms with Gasteiger partial charge in [-0.25, -0.2) is 9.59 Å². The molecule has 1 heterocycles. The zero-order chi connectivity index (χ0) is 68.9. The van der Waals surface area contributed by atoms with Crippen LogP contribution in [-0.4, -0.2) is 143 Å². The Morgan fingerprint density at radius 1 is 0.500 bits per heavy atom. The molecule has 0 bridgehead atoms. The van der Waals surface area contributed by atoms with Crippen molar-refractivity contribution in [1.82, 2.24) is 9.78 Å². The van der Waals surface area contributed by atoms with Crippen molar-refractivity contribution in [2.24, 2.45) is 40.9 Å². The van der Waals surface area contributed by atoms with Crippen LogP contribution in [-0.2, 0) is 71.3 Å². The molecule has 8 rings (SSSR count). The second-order valence-electron chi connectivity index (χ2n) is 17.4. The Balaban J connectivity index is 0.00000291. The first-order valence-corrected chi connectivity index (χ1v) is 32.5. The van der Waals surface area contributed by atoms with Crippen molar-refractivity contribution in [1.29, 1.82) is 0 Å². The van der Waals surface area contributed by atoms with Crippen molar-refractivity contribution in [2.75, 3.05) is 5.73 Å². The molecule has 1 aromatic heterocycles. The monoisotopic (exact) mass is 1420 g/mol. The average Bonchev–Trinajstić information content (AvgIpc) is 0.935. The molecule has 13 N–H and O–H groups in total. The number of carboxylic acid groups (broad SMARTS) is 2. The van der Waals surface area contributed by atoms with Crippen LogP contribution in [0.4, 0.5) is 56.9 Å². The molecule has 0 unspecified atom stereocenters. The number of nitrogens with zero attached hydrogens (tertiary/aromatic N) is 11. The first-order valence-electron chi connectivity index (χ1n) is 22.9. The van der Waals surface area contributed by atoms with E-state index in [1.54, 1.807) is 0 Å². The van der Waals surface area contributed by atoms with Crippen LogP contribution >= 0.6 is 0 Å². The first kappa shape index (κ1) is 68.8. The second kappa shape index (κ2) is 24.9. The van der Waals surface area contributed by atoms with Gasteiger partial charge in [0, 0.05) is 28.3 Å². The number of phenolic OH excluding ortho intramolecular Hbond substituents is 2. The van der Waals surface area contributed by atoms with E-state index in [-0.39, 0.29) is 17.8 Å². The van der Waals surface area contributed by atoms with E-state index in [1.165, 1.54) is 0 Å². The summed E-state index contributed by atoms with van der Waals surface area (Å²) in [6.07, 6.45) is 0. The van der Waals surface area contributed by atoms with Gasteiger partial charge in [0.05, 0.1) is 37.8 Å². The molecule has 0 amide bonds. The number of nitro benzene ring substituents is 1. The number of carbonyl (C=O) groups is 2. The zero-order valence-corrected chi connectivity index (χ0v) is 49.4. The third-order valence-electron chi connectivity index (χ3n) is 11.7. The maximum atomic E-state index is 13.1. The van der Waals surface area contributed by atoms with Gasteiger partial charge < -0.3 is 31.3 Å². The molecule has 0 radical (unpaired) electrons. The van der Waals surface area contributed by atoms with Crippen molar-refractivity contribution < 1.29 is 130 Å². The molecular weight excluding hydrogens is 1390 g/mol. The predicted molar refractivity (Wildman–Crippen MR) is 300 cm³/mol. The van der Waals surface area contributed by atoms with Crippen LogP contribution in [0, 0.1) is 10.1 Å². The number of nitro groups is 1. The van der Waals surface area contributed by atoms with E-state index in [1.807, 2.05) is 0 Å². The number of aromatic carboxylic acids is 2. The van der Waals surface area contributed by atoms with Gasteiger partial charge >= 0.3 is 22.5 Å². The zero-order valence-electron chi connectivity index (χ0n) is 43.7. The highest BCUT2D eigenvalue weighted by Gasteiger charge is 2.32. The summed E-state index contributed by atoms with van der Waals surface area (Å²) in [4.78, 5) is 27.5. The number of non-ortho nitro benzene ring substituents is 1. The number of aromatic hydroxyl groups is 3. The quantitative estimate of drug-likeness (QED) is 0.0147. The van der Waals surface area contributed by atoms with Gasteiger partial charge in [-0.1, -0.05) is 6.07 Å². The normalized spacial score (nSPS) is 12.7. The van der Waals surface area contributed by atoms with Crippen molar-refractivity contribution in [3.05, 3.63) is 112 Å². The van der Waals surface area contributed by atoms with Crippen molar-refractivity contribution in [2.45, 2.75) is 29.4 Å². The smallest absolute Gasteiger partial charge is 0.425 e. The molecular formula is C43H28N12O30S7. The van der Waals surface area contributed by atoms with E-state index in [9.17, 15) is 123 Å². The van der Waals surface area contributed by atoms with Gasteiger partial charge in [0.25, 0.3) is 66.4 Å². The highest BCUT2D eigenvalue weighted by atomic mass is 32.2. The molecule has 92 heavy (non-hydrogen) atoms. The molecule has 482 valence electrons. The van der Waals surface area contributed by atoms with Crippen LogP contribution in [0.1, 0.15) is 20.8 Å². The number of phenols is 2. The lowest BCUT2D eigenvalue weighted by Gasteiger charge is -2.13. The summed E-state index contributed by atoms with van der Waals surface area (Å²) in [6.45, 7) is 0. The number of nitrogens with two attached hydrogens (primary N) is 1. The molecule has 0 saturated carbocycles. The summed E-state index contributed by atoms with van der Waals surface area (Å²) in [5.74, 6) is -7.82. The molecule has 0 saturated heterocycles. The molecule has 42 nitrogen and oxygen atoms in total. The summed E-state index contributed by atoms with van der Waals surface area (Å²) in [5, 5.41) is 93.7. The highest BCUT2D eigenvalue weighted by molar-refractivity contribution is 7.87. The van der Waals surface area contributed by atoms with Crippen LogP contribution < -0.4 is 5.73 Å². The minimum Gasteiger partial charge on any atom is -0.505 e. The maximum Gasteiger partial charge on any atom is 0.425 e. The number of hydrogen-bond donors (Lipinski definition) is 12. The fraction of sp³-hybridized carbons (Fsp3) is 0. The van der Waals surface area contributed by atoms with Gasteiger partial charge in [0.15, 0.2) is 17.2 Å². The van der Waals surface area contributed by atoms with Crippen LogP contribution in [0.25, 0.3) is 27.2 Å². The van der Waals surface area contributed by atoms with E-state index in [2.05, 4.69) is 46.0 Å². The van der Waals surface area contributed by atoms with Crippen LogP contribution in [0.2, 0.25) is 0 Å². The molecule has 0 aliphatic heterocycles. The molecule has 8 aromatic rings. The average molecular weight is 1420 g/mol. The maximum absolute atomic E-state index is 13.1. The Labute approximate surface area is 510 Å². The summed E-state index contributed by atoms with van der Waals surface area (Å²) in [5.41, 5.74) is -6.13. The number of nitrogen functional groups attached to an aromatic ring is 1. The van der Waals surface area contributed by atoms with Gasteiger partial charge in [0.2, 0.25) is 11.6 Å². The SMILES string of the molecule is Nc1c(N=Nc2ccc3c(O)c(N=Nc4cc(C(=O)O)c(N=Nc5c(C(=O)O)nn(-c6ccc(S(=O)(=O)O)cc6)c5O)c(S(=O)(=O)O)c4)c(S(=O)(=O)O)cc3c2S(=O)(=O)O)cc(S(=O)(=O)O)c2ccc(N=Nc3ccc([N+](=O)[O-])cc3S(=O)(=O)O)c(O)c12.O=S(=O)=O. The number of carboxylic acids is 2. The Kier molecular flexibility index (Phi) is 18.6.